The number of amides is 2. The van der Waals surface area contributed by atoms with E-state index < -0.39 is 23.4 Å². The van der Waals surface area contributed by atoms with Crippen LogP contribution >= 0.6 is 0 Å². The molecule has 2 N–H and O–H groups in total. The molecule has 0 spiro atoms. The summed E-state index contributed by atoms with van der Waals surface area (Å²) in [6.45, 7) is 0. The van der Waals surface area contributed by atoms with Gasteiger partial charge in [0.05, 0.1) is 14.2 Å². The molecule has 0 aliphatic carbocycles. The fraction of sp³-hybridized carbons (Fsp3) is 0.250. The number of methoxy groups -OCH3 is 2. The molecule has 0 saturated heterocycles. The summed E-state index contributed by atoms with van der Waals surface area (Å²) >= 11 is 0. The minimum Gasteiger partial charge on any atom is -0.469 e. The molecule has 2 rings (SSSR count). The van der Waals surface area contributed by atoms with E-state index in [9.17, 15) is 19.2 Å². The maximum atomic E-state index is 12.9. The molecule has 8 nitrogen and oxygen atoms in total. The van der Waals surface area contributed by atoms with Crippen LogP contribution in [0.3, 0.4) is 0 Å². The average Bonchev–Trinajstić information content (AvgIpc) is 2.83. The molecule has 0 aromatic heterocycles. The first-order valence-electron chi connectivity index (χ1n) is 9.97. The summed E-state index contributed by atoms with van der Waals surface area (Å²) in [5, 5.41) is 5.24. The third kappa shape index (κ3) is 6.80. The van der Waals surface area contributed by atoms with Crippen molar-refractivity contribution in [1.29, 1.82) is 0 Å². The van der Waals surface area contributed by atoms with E-state index in [-0.39, 0.29) is 18.8 Å². The Kier molecular flexibility index (Phi) is 9.16. The zero-order valence-electron chi connectivity index (χ0n) is 18.0. The lowest BCUT2D eigenvalue weighted by atomic mass is 10.0. The van der Waals surface area contributed by atoms with E-state index in [1.54, 1.807) is 72.8 Å². The van der Waals surface area contributed by atoms with Crippen molar-refractivity contribution in [3.63, 3.8) is 0 Å². The quantitative estimate of drug-likeness (QED) is 0.335. The molecule has 0 heterocycles. The molecule has 0 aliphatic rings. The highest BCUT2D eigenvalue weighted by atomic mass is 16.5. The Morgan fingerprint density at radius 2 is 1.28 bits per heavy atom. The van der Waals surface area contributed by atoms with Crippen LogP contribution in [0.25, 0.3) is 0 Å². The van der Waals surface area contributed by atoms with Crippen LogP contribution < -0.4 is 10.6 Å². The van der Waals surface area contributed by atoms with Gasteiger partial charge in [0.25, 0.3) is 11.8 Å². The minimum atomic E-state index is -1.86. The van der Waals surface area contributed by atoms with Crippen LogP contribution in [0.1, 0.15) is 40.0 Å². The van der Waals surface area contributed by atoms with Gasteiger partial charge in [0.15, 0.2) is 0 Å². The highest BCUT2D eigenvalue weighted by Gasteiger charge is 2.42. The first-order valence-corrected chi connectivity index (χ1v) is 9.97. The highest BCUT2D eigenvalue weighted by molar-refractivity contribution is 6.02. The van der Waals surface area contributed by atoms with Crippen LogP contribution in [-0.2, 0) is 19.1 Å². The molecule has 32 heavy (non-hydrogen) atoms. The molecule has 0 radical (unpaired) electrons. The number of rotatable bonds is 10. The molecule has 0 saturated carbocycles. The van der Waals surface area contributed by atoms with Crippen molar-refractivity contribution < 1.29 is 28.7 Å². The number of carbonyl (C=O) groups is 4. The largest absolute Gasteiger partial charge is 0.469 e. The lowest BCUT2D eigenvalue weighted by Gasteiger charge is -2.32. The van der Waals surface area contributed by atoms with Crippen molar-refractivity contribution in [2.45, 2.75) is 24.9 Å². The van der Waals surface area contributed by atoms with Crippen LogP contribution in [0.15, 0.2) is 72.8 Å². The normalized spacial score (nSPS) is 10.9. The molecule has 0 atom stereocenters. The number of hydrogen-bond acceptors (Lipinski definition) is 6. The zero-order valence-corrected chi connectivity index (χ0v) is 18.0. The van der Waals surface area contributed by atoms with Gasteiger partial charge in [-0.25, -0.2) is 4.79 Å². The molecule has 0 aliphatic heterocycles. The van der Waals surface area contributed by atoms with Crippen LogP contribution in [0.4, 0.5) is 0 Å². The second-order valence-corrected chi connectivity index (χ2v) is 6.83. The Bertz CT molecular complexity index is 903. The number of carbonyl (C=O) groups excluding carboxylic acids is 4. The van der Waals surface area contributed by atoms with Crippen LogP contribution in [0.5, 0.6) is 0 Å². The number of benzene rings is 2. The van der Waals surface area contributed by atoms with Crippen molar-refractivity contribution in [2.24, 2.45) is 0 Å². The Labute approximate surface area is 186 Å². The number of nitrogens with one attached hydrogen (secondary N) is 2. The Balaban J connectivity index is 2.32. The lowest BCUT2D eigenvalue weighted by Crippen LogP contribution is -2.65. The first-order chi connectivity index (χ1) is 15.4. The summed E-state index contributed by atoms with van der Waals surface area (Å²) in [6.07, 6.45) is 3.68. The molecule has 0 unspecified atom stereocenters. The van der Waals surface area contributed by atoms with Gasteiger partial charge in [-0.3, -0.25) is 14.4 Å². The fourth-order valence-corrected chi connectivity index (χ4v) is 2.89. The SMILES string of the molecule is COC(=O)CC/C=C/CC(NC(=O)c1ccccc1)(NC(=O)c1ccccc1)C(=O)OC. The summed E-state index contributed by atoms with van der Waals surface area (Å²) in [7, 11) is 2.47. The minimum absolute atomic E-state index is 0.0992. The van der Waals surface area contributed by atoms with Gasteiger partial charge in [-0.2, -0.15) is 0 Å². The molecule has 0 fully saturated rings. The van der Waals surface area contributed by atoms with Crippen molar-refractivity contribution in [3.05, 3.63) is 83.9 Å². The Morgan fingerprint density at radius 1 is 0.781 bits per heavy atom. The third-order valence-corrected chi connectivity index (χ3v) is 4.59. The van der Waals surface area contributed by atoms with Crippen LogP contribution in [0.2, 0.25) is 0 Å². The molecule has 2 aromatic rings. The maximum absolute atomic E-state index is 12.9. The standard InChI is InChI=1S/C24H26N2O6/c1-31-20(27)16-10-5-11-17-24(23(30)32-2,25-21(28)18-12-6-3-7-13-18)26-22(29)19-14-8-4-9-15-19/h3-9,11-15H,10,16-17H2,1-2H3,(H,25,28)(H,26,29)/b11-5+. The van der Waals surface area contributed by atoms with Gasteiger partial charge < -0.3 is 20.1 Å². The predicted molar refractivity (Wildman–Crippen MR) is 118 cm³/mol. The summed E-state index contributed by atoms with van der Waals surface area (Å²) in [5.41, 5.74) is -1.25. The molecule has 2 aromatic carbocycles. The van der Waals surface area contributed by atoms with Gasteiger partial charge in [0, 0.05) is 24.0 Å². The van der Waals surface area contributed by atoms with Gasteiger partial charge in [-0.1, -0.05) is 48.6 Å². The first kappa shape index (κ1) is 24.3. The van der Waals surface area contributed by atoms with E-state index in [2.05, 4.69) is 15.4 Å². The van der Waals surface area contributed by atoms with E-state index in [1.807, 2.05) is 0 Å². The third-order valence-electron chi connectivity index (χ3n) is 4.59. The maximum Gasteiger partial charge on any atom is 0.353 e. The number of esters is 2. The predicted octanol–water partition coefficient (Wildman–Crippen LogP) is 2.62. The zero-order chi connectivity index (χ0) is 23.4. The van der Waals surface area contributed by atoms with Crippen LogP contribution in [-0.4, -0.2) is 43.6 Å². The van der Waals surface area contributed by atoms with Gasteiger partial charge in [-0.15, -0.1) is 0 Å². The molecule has 0 bridgehead atoms. The molecular formula is C24H26N2O6. The smallest absolute Gasteiger partial charge is 0.353 e. The Morgan fingerprint density at radius 3 is 1.72 bits per heavy atom. The van der Waals surface area contributed by atoms with Crippen LogP contribution in [0, 0.1) is 0 Å². The van der Waals surface area contributed by atoms with Gasteiger partial charge >= 0.3 is 11.9 Å². The topological polar surface area (TPSA) is 111 Å². The molecule has 168 valence electrons. The summed E-state index contributed by atoms with van der Waals surface area (Å²) in [5.74, 6) is -2.34. The van der Waals surface area contributed by atoms with E-state index in [0.717, 1.165) is 0 Å². The van der Waals surface area contributed by atoms with E-state index in [4.69, 9.17) is 4.74 Å². The van der Waals surface area contributed by atoms with Crippen molar-refractivity contribution in [2.75, 3.05) is 14.2 Å². The summed E-state index contributed by atoms with van der Waals surface area (Å²) in [4.78, 5) is 49.8. The van der Waals surface area contributed by atoms with Gasteiger partial charge in [0.2, 0.25) is 5.66 Å². The van der Waals surface area contributed by atoms with E-state index in [0.29, 0.717) is 17.5 Å². The monoisotopic (exact) mass is 438 g/mol. The number of allylic oxidation sites excluding steroid dienone is 1. The second-order valence-electron chi connectivity index (χ2n) is 6.83. The Hall–Kier alpha value is -3.94. The average molecular weight is 438 g/mol. The second kappa shape index (κ2) is 12.0. The highest BCUT2D eigenvalue weighted by Crippen LogP contribution is 2.15. The number of ether oxygens (including phenoxy) is 2. The molecule has 2 amide bonds. The van der Waals surface area contributed by atoms with Crippen molar-refractivity contribution >= 4 is 23.8 Å². The number of hydrogen-bond donors (Lipinski definition) is 2. The molecular weight excluding hydrogens is 412 g/mol. The molecule has 8 heteroatoms. The van der Waals surface area contributed by atoms with Crippen molar-refractivity contribution in [3.8, 4) is 0 Å². The van der Waals surface area contributed by atoms with Gasteiger partial charge in [-0.05, 0) is 30.7 Å². The van der Waals surface area contributed by atoms with E-state index in [1.165, 1.54) is 14.2 Å². The summed E-state index contributed by atoms with van der Waals surface area (Å²) in [6, 6.07) is 16.6. The fourth-order valence-electron chi connectivity index (χ4n) is 2.89. The van der Waals surface area contributed by atoms with E-state index >= 15 is 0 Å². The summed E-state index contributed by atoms with van der Waals surface area (Å²) < 4.78 is 9.52. The lowest BCUT2D eigenvalue weighted by molar-refractivity contribution is -0.149. The van der Waals surface area contributed by atoms with Crippen molar-refractivity contribution in [1.82, 2.24) is 10.6 Å². The van der Waals surface area contributed by atoms with Gasteiger partial charge in [0.1, 0.15) is 0 Å².